The Kier molecular flexibility index (Phi) is 5.37. The maximum Gasteiger partial charge on any atom is 0.153 e. The van der Waals surface area contributed by atoms with E-state index in [-0.39, 0.29) is 0 Å². The first-order valence-corrected chi connectivity index (χ1v) is 9.20. The fourth-order valence-corrected chi connectivity index (χ4v) is 3.36. The summed E-state index contributed by atoms with van der Waals surface area (Å²) in [6.07, 6.45) is 6.83. The van der Waals surface area contributed by atoms with Gasteiger partial charge >= 0.3 is 0 Å². The van der Waals surface area contributed by atoms with Gasteiger partial charge in [-0.15, -0.1) is 0 Å². The molecule has 132 valence electrons. The van der Waals surface area contributed by atoms with Gasteiger partial charge in [0.1, 0.15) is 5.84 Å². The van der Waals surface area contributed by atoms with Crippen LogP contribution < -0.4 is 0 Å². The molecule has 0 radical (unpaired) electrons. The van der Waals surface area contributed by atoms with Crippen molar-refractivity contribution in [2.24, 2.45) is 9.98 Å². The van der Waals surface area contributed by atoms with Crippen LogP contribution in [0.25, 0.3) is 5.70 Å². The van der Waals surface area contributed by atoms with E-state index < -0.39 is 0 Å². The summed E-state index contributed by atoms with van der Waals surface area (Å²) in [5, 5.41) is 0. The van der Waals surface area contributed by atoms with Crippen molar-refractivity contribution in [3.63, 3.8) is 0 Å². The molecule has 25 heavy (non-hydrogen) atoms. The minimum absolute atomic E-state index is 0.917. The Labute approximate surface area is 151 Å². The molecular formula is C21H28N4. The summed E-state index contributed by atoms with van der Waals surface area (Å²) in [7, 11) is 1.82. The van der Waals surface area contributed by atoms with Crippen molar-refractivity contribution in [2.45, 2.75) is 39.5 Å². The van der Waals surface area contributed by atoms with Crippen LogP contribution in [-0.4, -0.2) is 41.6 Å². The maximum atomic E-state index is 5.01. The highest BCUT2D eigenvalue weighted by atomic mass is 15.3. The summed E-state index contributed by atoms with van der Waals surface area (Å²) in [5.74, 6) is 1.92. The SMILES string of the molecule is C=C1C(N2CCCCC2)=NC(c2cccc(CC)c2)=CN1/C(C)=N\C. The highest BCUT2D eigenvalue weighted by molar-refractivity contribution is 6.06. The third kappa shape index (κ3) is 3.68. The van der Waals surface area contributed by atoms with Crippen molar-refractivity contribution >= 4 is 17.4 Å². The van der Waals surface area contributed by atoms with Crippen molar-refractivity contribution in [3.05, 3.63) is 53.9 Å². The molecule has 1 fully saturated rings. The maximum absolute atomic E-state index is 5.01. The summed E-state index contributed by atoms with van der Waals surface area (Å²) >= 11 is 0. The smallest absolute Gasteiger partial charge is 0.153 e. The fourth-order valence-electron chi connectivity index (χ4n) is 3.36. The number of benzene rings is 1. The lowest BCUT2D eigenvalue weighted by atomic mass is 10.1. The third-order valence-corrected chi connectivity index (χ3v) is 4.99. The molecule has 0 amide bonds. The Hall–Kier alpha value is -2.36. The van der Waals surface area contributed by atoms with E-state index in [1.54, 1.807) is 0 Å². The molecule has 4 heteroatoms. The first-order valence-electron chi connectivity index (χ1n) is 9.20. The van der Waals surface area contributed by atoms with E-state index in [9.17, 15) is 0 Å². The standard InChI is InChI=1S/C21H28N4/c1-5-18-10-9-11-19(14-18)20-15-25(17(3)22-4)16(2)21(23-20)24-12-7-6-8-13-24/h9-11,14-15H,2,5-8,12-13H2,1,3-4H3/b22-17-. The zero-order valence-electron chi connectivity index (χ0n) is 15.6. The van der Waals surface area contributed by atoms with E-state index >= 15 is 0 Å². The van der Waals surface area contributed by atoms with E-state index in [0.717, 1.165) is 48.1 Å². The number of rotatable bonds is 2. The lowest BCUT2D eigenvalue weighted by Crippen LogP contribution is -2.42. The fraction of sp³-hybridized carbons (Fsp3) is 0.429. The van der Waals surface area contributed by atoms with E-state index in [2.05, 4.69) is 58.8 Å². The summed E-state index contributed by atoms with van der Waals surface area (Å²) in [6.45, 7) is 10.6. The lowest BCUT2D eigenvalue weighted by molar-refractivity contribution is 0.338. The van der Waals surface area contributed by atoms with E-state index in [4.69, 9.17) is 4.99 Å². The van der Waals surface area contributed by atoms with Gasteiger partial charge in [0, 0.05) is 31.9 Å². The molecular weight excluding hydrogens is 308 g/mol. The van der Waals surface area contributed by atoms with Gasteiger partial charge in [0.2, 0.25) is 0 Å². The van der Waals surface area contributed by atoms with E-state index in [0.29, 0.717) is 0 Å². The van der Waals surface area contributed by atoms with Crippen LogP contribution in [0, 0.1) is 0 Å². The van der Waals surface area contributed by atoms with Crippen LogP contribution in [0.5, 0.6) is 0 Å². The Morgan fingerprint density at radius 3 is 2.68 bits per heavy atom. The van der Waals surface area contributed by atoms with Gasteiger partial charge in [-0.3, -0.25) is 4.99 Å². The van der Waals surface area contributed by atoms with Gasteiger partial charge in [0.25, 0.3) is 0 Å². The van der Waals surface area contributed by atoms with Crippen LogP contribution >= 0.6 is 0 Å². The summed E-state index contributed by atoms with van der Waals surface area (Å²) < 4.78 is 0. The zero-order chi connectivity index (χ0) is 17.8. The van der Waals surface area contributed by atoms with E-state index in [1.807, 2.05) is 14.0 Å². The van der Waals surface area contributed by atoms with Gasteiger partial charge in [0.15, 0.2) is 5.84 Å². The summed E-state index contributed by atoms with van der Waals surface area (Å²) in [4.78, 5) is 13.8. The van der Waals surface area contributed by atoms with Crippen LogP contribution in [0.3, 0.4) is 0 Å². The van der Waals surface area contributed by atoms with Gasteiger partial charge in [-0.05, 0) is 44.2 Å². The van der Waals surface area contributed by atoms with Crippen LogP contribution in [0.4, 0.5) is 0 Å². The Morgan fingerprint density at radius 1 is 1.24 bits per heavy atom. The molecule has 0 atom stereocenters. The first-order chi connectivity index (χ1) is 12.1. The molecule has 0 aromatic heterocycles. The number of aryl methyl sites for hydroxylation is 1. The van der Waals surface area contributed by atoms with Gasteiger partial charge in [-0.2, -0.15) is 0 Å². The first kappa shape index (κ1) is 17.5. The molecule has 4 nitrogen and oxygen atoms in total. The predicted molar refractivity (Wildman–Crippen MR) is 107 cm³/mol. The topological polar surface area (TPSA) is 31.2 Å². The molecule has 0 saturated carbocycles. The Balaban J connectivity index is 2.03. The molecule has 1 aromatic carbocycles. The molecule has 2 aliphatic heterocycles. The Bertz CT molecular complexity index is 736. The monoisotopic (exact) mass is 336 g/mol. The molecule has 0 aliphatic carbocycles. The predicted octanol–water partition coefficient (Wildman–Crippen LogP) is 4.31. The van der Waals surface area contributed by atoms with Crippen molar-refractivity contribution in [1.82, 2.24) is 9.80 Å². The van der Waals surface area contributed by atoms with Crippen molar-refractivity contribution in [1.29, 1.82) is 0 Å². The summed E-state index contributed by atoms with van der Waals surface area (Å²) in [6, 6.07) is 8.64. The van der Waals surface area contributed by atoms with Crippen LogP contribution in [-0.2, 0) is 6.42 Å². The van der Waals surface area contributed by atoms with Crippen LogP contribution in [0.2, 0.25) is 0 Å². The third-order valence-electron chi connectivity index (χ3n) is 4.99. The molecule has 0 unspecified atom stereocenters. The van der Waals surface area contributed by atoms with Gasteiger partial charge < -0.3 is 9.80 Å². The number of aliphatic imine (C=N–C) groups is 2. The highest BCUT2D eigenvalue weighted by Crippen LogP contribution is 2.28. The second-order valence-corrected chi connectivity index (χ2v) is 6.64. The van der Waals surface area contributed by atoms with Crippen molar-refractivity contribution < 1.29 is 0 Å². The molecule has 2 heterocycles. The zero-order valence-corrected chi connectivity index (χ0v) is 15.6. The molecule has 3 rings (SSSR count). The number of nitrogens with zero attached hydrogens (tertiary/aromatic N) is 4. The van der Waals surface area contributed by atoms with Crippen LogP contribution in [0.1, 0.15) is 44.2 Å². The second kappa shape index (κ2) is 7.68. The molecule has 0 N–H and O–H groups in total. The molecule has 1 saturated heterocycles. The second-order valence-electron chi connectivity index (χ2n) is 6.64. The average molecular weight is 336 g/mol. The van der Waals surface area contributed by atoms with Crippen LogP contribution in [0.15, 0.2) is 52.7 Å². The minimum Gasteiger partial charge on any atom is -0.355 e. The van der Waals surface area contributed by atoms with Gasteiger partial charge in [-0.25, -0.2) is 4.99 Å². The molecule has 0 spiro atoms. The Morgan fingerprint density at radius 2 is 2.00 bits per heavy atom. The van der Waals surface area contributed by atoms with Gasteiger partial charge in [-0.1, -0.05) is 31.7 Å². The van der Waals surface area contributed by atoms with E-state index in [1.165, 1.54) is 24.8 Å². The van der Waals surface area contributed by atoms with Crippen molar-refractivity contribution in [3.8, 4) is 0 Å². The lowest BCUT2D eigenvalue weighted by Gasteiger charge is -2.36. The number of likely N-dealkylation sites (tertiary alicyclic amines) is 1. The highest BCUT2D eigenvalue weighted by Gasteiger charge is 2.26. The average Bonchev–Trinajstić information content (AvgIpc) is 2.68. The normalized spacial score (nSPS) is 19.0. The number of hydrogen-bond donors (Lipinski definition) is 0. The minimum atomic E-state index is 0.917. The largest absolute Gasteiger partial charge is 0.355 e. The number of piperidine rings is 1. The molecule has 0 bridgehead atoms. The van der Waals surface area contributed by atoms with Gasteiger partial charge in [0.05, 0.1) is 11.4 Å². The number of amidine groups is 2. The van der Waals surface area contributed by atoms with Crippen molar-refractivity contribution in [2.75, 3.05) is 20.1 Å². The quantitative estimate of drug-likeness (QED) is 0.595. The molecule has 1 aromatic rings. The summed E-state index contributed by atoms with van der Waals surface area (Å²) in [5.41, 5.74) is 4.37. The number of hydrogen-bond acceptors (Lipinski definition) is 3. The molecule has 2 aliphatic rings.